The maximum atomic E-state index is 12.1. The first-order valence-corrected chi connectivity index (χ1v) is 7.18. The van der Waals surface area contributed by atoms with Crippen LogP contribution < -0.4 is 0 Å². The van der Waals surface area contributed by atoms with E-state index in [9.17, 15) is 17.2 Å². The van der Waals surface area contributed by atoms with Crippen molar-refractivity contribution in [3.63, 3.8) is 0 Å². The highest BCUT2D eigenvalue weighted by Gasteiger charge is 2.32. The minimum absolute atomic E-state index is 0.0522. The highest BCUT2D eigenvalue weighted by atomic mass is 32.2. The fraction of sp³-hybridized carbons (Fsp3) is 0.778. The van der Waals surface area contributed by atoms with E-state index in [0.29, 0.717) is 6.42 Å². The normalized spacial score (nSPS) is 24.6. The fourth-order valence-corrected chi connectivity index (χ4v) is 3.52. The Morgan fingerprint density at radius 3 is 2.78 bits per heavy atom. The number of aromatic nitrogens is 2. The fourth-order valence-electron chi connectivity index (χ4n) is 1.78. The summed E-state index contributed by atoms with van der Waals surface area (Å²) in [5, 5.41) is 12.5. The Bertz CT molecular complexity index is 516. The van der Waals surface area contributed by atoms with Crippen LogP contribution in [0, 0.1) is 0 Å². The molecule has 1 N–H and O–H groups in total. The van der Waals surface area contributed by atoms with Crippen molar-refractivity contribution >= 4 is 9.84 Å². The topological polar surface area (TPSA) is 93.3 Å². The molecule has 0 aliphatic carbocycles. The van der Waals surface area contributed by atoms with Gasteiger partial charge in [0, 0.05) is 5.92 Å². The van der Waals surface area contributed by atoms with Crippen molar-refractivity contribution in [3.05, 3.63) is 11.7 Å². The molecule has 2 rings (SSSR count). The van der Waals surface area contributed by atoms with Crippen LogP contribution in [-0.4, -0.2) is 47.7 Å². The largest absolute Gasteiger partial charge is 0.387 e. The Hall–Kier alpha value is -1.09. The van der Waals surface area contributed by atoms with Gasteiger partial charge in [0.15, 0.2) is 15.7 Å². The van der Waals surface area contributed by atoms with Crippen LogP contribution in [0.3, 0.4) is 0 Å². The molecule has 0 bridgehead atoms. The molecule has 6 nitrogen and oxygen atoms in total. The zero-order valence-corrected chi connectivity index (χ0v) is 10.1. The molecule has 0 saturated carbocycles. The van der Waals surface area contributed by atoms with Crippen molar-refractivity contribution in [2.45, 2.75) is 31.3 Å². The molecular formula is C9H12F2N2O4S. The summed E-state index contributed by atoms with van der Waals surface area (Å²) in [5.74, 6) is -0.240. The molecule has 0 aromatic carbocycles. The molecule has 1 saturated heterocycles. The van der Waals surface area contributed by atoms with E-state index in [1.54, 1.807) is 0 Å². The van der Waals surface area contributed by atoms with Gasteiger partial charge in [0.25, 0.3) is 6.43 Å². The molecule has 2 atom stereocenters. The summed E-state index contributed by atoms with van der Waals surface area (Å²) >= 11 is 0. The van der Waals surface area contributed by atoms with E-state index < -0.39 is 28.8 Å². The Balaban J connectivity index is 2.03. The first kappa shape index (κ1) is 13.3. The molecular weight excluding hydrogens is 270 g/mol. The lowest BCUT2D eigenvalue weighted by atomic mass is 10.1. The Labute approximate surface area is 102 Å². The summed E-state index contributed by atoms with van der Waals surface area (Å²) in [6.45, 7) is 0. The van der Waals surface area contributed by atoms with Gasteiger partial charge in [-0.3, -0.25) is 0 Å². The third-order valence-corrected chi connectivity index (χ3v) is 4.52. The first-order valence-electron chi connectivity index (χ1n) is 5.36. The van der Waals surface area contributed by atoms with Crippen molar-refractivity contribution in [1.29, 1.82) is 0 Å². The lowest BCUT2D eigenvalue weighted by Gasteiger charge is -2.04. The molecule has 0 amide bonds. The highest BCUT2D eigenvalue weighted by Crippen LogP contribution is 2.26. The van der Waals surface area contributed by atoms with E-state index >= 15 is 0 Å². The maximum Gasteiger partial charge on any atom is 0.264 e. The molecule has 18 heavy (non-hydrogen) atoms. The van der Waals surface area contributed by atoms with Crippen molar-refractivity contribution in [3.8, 4) is 0 Å². The number of alkyl halides is 2. The van der Waals surface area contributed by atoms with Crippen LogP contribution in [0.15, 0.2) is 4.52 Å². The average molecular weight is 282 g/mol. The molecule has 1 aliphatic heterocycles. The van der Waals surface area contributed by atoms with Crippen molar-refractivity contribution in [1.82, 2.24) is 10.1 Å². The standard InChI is InChI=1S/C9H12F2N2O4S/c10-8(11)6(14)3-7-12-9(13-17-7)5-1-2-18(15,16)4-5/h5-6,8,14H,1-4H2. The second kappa shape index (κ2) is 4.88. The summed E-state index contributed by atoms with van der Waals surface area (Å²) in [5.41, 5.74) is 0. The zero-order chi connectivity index (χ0) is 13.3. The summed E-state index contributed by atoms with van der Waals surface area (Å²) in [7, 11) is -3.06. The molecule has 102 valence electrons. The second-order valence-electron chi connectivity index (χ2n) is 4.25. The quantitative estimate of drug-likeness (QED) is 0.844. The number of sulfone groups is 1. The van der Waals surface area contributed by atoms with Gasteiger partial charge in [-0.05, 0) is 6.42 Å². The van der Waals surface area contributed by atoms with Gasteiger partial charge in [0.1, 0.15) is 6.10 Å². The van der Waals surface area contributed by atoms with Crippen LogP contribution in [0.5, 0.6) is 0 Å². The third kappa shape index (κ3) is 3.02. The molecule has 0 spiro atoms. The Kier molecular flexibility index (Phi) is 3.62. The SMILES string of the molecule is O=S1(=O)CCC(c2noc(CC(O)C(F)F)n2)C1. The lowest BCUT2D eigenvalue weighted by Crippen LogP contribution is -2.20. The van der Waals surface area contributed by atoms with Crippen LogP contribution >= 0.6 is 0 Å². The third-order valence-electron chi connectivity index (χ3n) is 2.76. The van der Waals surface area contributed by atoms with Gasteiger partial charge in [0.2, 0.25) is 5.89 Å². The number of aliphatic hydroxyl groups is 1. The number of rotatable bonds is 4. The summed E-state index contributed by atoms with van der Waals surface area (Å²) in [6, 6.07) is 0. The van der Waals surface area contributed by atoms with Crippen LogP contribution in [0.2, 0.25) is 0 Å². The highest BCUT2D eigenvalue weighted by molar-refractivity contribution is 7.91. The first-order chi connectivity index (χ1) is 8.37. The predicted octanol–water partition coefficient (Wildman–Crippen LogP) is 0.140. The Morgan fingerprint density at radius 2 is 2.22 bits per heavy atom. The predicted molar refractivity (Wildman–Crippen MR) is 56.0 cm³/mol. The molecule has 2 heterocycles. The molecule has 1 aromatic heterocycles. The maximum absolute atomic E-state index is 12.1. The van der Waals surface area contributed by atoms with Gasteiger partial charge in [-0.25, -0.2) is 17.2 Å². The smallest absolute Gasteiger partial charge is 0.264 e. The monoisotopic (exact) mass is 282 g/mol. The zero-order valence-electron chi connectivity index (χ0n) is 9.29. The summed E-state index contributed by atoms with van der Waals surface area (Å²) in [6.07, 6.45) is -4.78. The van der Waals surface area contributed by atoms with Gasteiger partial charge < -0.3 is 9.63 Å². The molecule has 1 fully saturated rings. The molecule has 2 unspecified atom stereocenters. The van der Waals surface area contributed by atoms with Crippen LogP contribution in [0.4, 0.5) is 8.78 Å². The van der Waals surface area contributed by atoms with Crippen molar-refractivity contribution in [2.75, 3.05) is 11.5 Å². The van der Waals surface area contributed by atoms with Gasteiger partial charge >= 0.3 is 0 Å². The van der Waals surface area contributed by atoms with E-state index in [4.69, 9.17) is 9.63 Å². The summed E-state index contributed by atoms with van der Waals surface area (Å²) in [4.78, 5) is 3.84. The molecule has 9 heteroatoms. The second-order valence-corrected chi connectivity index (χ2v) is 6.48. The van der Waals surface area contributed by atoms with Crippen molar-refractivity contribution in [2.24, 2.45) is 0 Å². The Morgan fingerprint density at radius 1 is 1.50 bits per heavy atom. The molecule has 1 aromatic rings. The molecule has 0 radical (unpaired) electrons. The van der Waals surface area contributed by atoms with Crippen LogP contribution in [0.1, 0.15) is 24.1 Å². The van der Waals surface area contributed by atoms with Crippen molar-refractivity contribution < 1.29 is 26.8 Å². The number of hydrogen-bond acceptors (Lipinski definition) is 6. The number of nitrogens with zero attached hydrogens (tertiary/aromatic N) is 2. The number of aliphatic hydroxyl groups excluding tert-OH is 1. The minimum Gasteiger partial charge on any atom is -0.387 e. The van der Waals surface area contributed by atoms with Crippen LogP contribution in [0.25, 0.3) is 0 Å². The average Bonchev–Trinajstić information content (AvgIpc) is 2.84. The summed E-state index contributed by atoms with van der Waals surface area (Å²) < 4.78 is 51.5. The van der Waals surface area contributed by atoms with Crippen LogP contribution in [-0.2, 0) is 16.3 Å². The van der Waals surface area contributed by atoms with E-state index in [1.165, 1.54) is 0 Å². The van der Waals surface area contributed by atoms with Gasteiger partial charge in [-0.2, -0.15) is 4.98 Å². The number of hydrogen-bond donors (Lipinski definition) is 1. The van der Waals surface area contributed by atoms with Gasteiger partial charge in [-0.1, -0.05) is 5.16 Å². The molecule has 1 aliphatic rings. The lowest BCUT2D eigenvalue weighted by molar-refractivity contribution is -0.00754. The number of halogens is 2. The van der Waals surface area contributed by atoms with E-state index in [-0.39, 0.29) is 29.1 Å². The van der Waals surface area contributed by atoms with E-state index in [2.05, 4.69) is 10.1 Å². The van der Waals surface area contributed by atoms with Gasteiger partial charge in [-0.15, -0.1) is 0 Å². The minimum atomic E-state index is -3.06. The van der Waals surface area contributed by atoms with Gasteiger partial charge in [0.05, 0.1) is 17.9 Å². The van der Waals surface area contributed by atoms with E-state index in [0.717, 1.165) is 0 Å². The van der Waals surface area contributed by atoms with E-state index in [1.807, 2.05) is 0 Å².